The van der Waals surface area contributed by atoms with E-state index in [-0.39, 0.29) is 29.5 Å². The molecule has 3 fully saturated rings. The molecule has 2 aliphatic carbocycles. The first kappa shape index (κ1) is 33.2. The predicted molar refractivity (Wildman–Crippen MR) is 181 cm³/mol. The fourth-order valence-electron chi connectivity index (χ4n) is 8.31. The summed E-state index contributed by atoms with van der Waals surface area (Å²) in [5, 5.41) is 3.51. The fraction of sp³-hybridized carbons (Fsp3) is 0.595. The lowest BCUT2D eigenvalue weighted by Gasteiger charge is -2.41. The number of aromatic nitrogens is 4. The van der Waals surface area contributed by atoms with Crippen LogP contribution in [-0.4, -0.2) is 73.4 Å². The largest absolute Gasteiger partial charge is 0.453 e. The zero-order chi connectivity index (χ0) is 33.0. The predicted octanol–water partition coefficient (Wildman–Crippen LogP) is 7.48. The molecule has 47 heavy (non-hydrogen) atoms. The van der Waals surface area contributed by atoms with E-state index < -0.39 is 5.82 Å². The lowest BCUT2D eigenvalue weighted by molar-refractivity contribution is 0.0640. The summed E-state index contributed by atoms with van der Waals surface area (Å²) in [6, 6.07) is 6.40. The van der Waals surface area contributed by atoms with Gasteiger partial charge >= 0.3 is 0 Å². The Hall–Kier alpha value is -3.66. The van der Waals surface area contributed by atoms with Gasteiger partial charge in [0.15, 0.2) is 5.75 Å². The van der Waals surface area contributed by atoms with Crippen molar-refractivity contribution in [3.63, 3.8) is 0 Å². The average molecular weight is 644 g/mol. The van der Waals surface area contributed by atoms with Crippen LogP contribution in [0.25, 0.3) is 0 Å². The third kappa shape index (κ3) is 7.91. The van der Waals surface area contributed by atoms with Crippen molar-refractivity contribution in [2.75, 3.05) is 25.0 Å². The molecule has 1 atom stereocenters. The molecule has 1 spiro atoms. The van der Waals surface area contributed by atoms with Crippen LogP contribution in [0.5, 0.6) is 11.5 Å². The van der Waals surface area contributed by atoms with E-state index in [2.05, 4.69) is 25.2 Å². The summed E-state index contributed by atoms with van der Waals surface area (Å²) in [5.74, 6) is 1.93. The Morgan fingerprint density at radius 1 is 1.00 bits per heavy atom. The molecule has 0 bridgehead atoms. The first-order chi connectivity index (χ1) is 22.7. The molecule has 2 saturated carbocycles. The van der Waals surface area contributed by atoms with Crippen molar-refractivity contribution < 1.29 is 13.9 Å². The highest BCUT2D eigenvalue weighted by atomic mass is 19.1. The number of carbonyl (C=O) groups is 1. The molecular weight excluding hydrogens is 593 g/mol. The van der Waals surface area contributed by atoms with Gasteiger partial charge in [-0.25, -0.2) is 24.3 Å². The molecule has 1 aliphatic heterocycles. The Balaban J connectivity index is 1.05. The minimum Gasteiger partial charge on any atom is -0.453 e. The summed E-state index contributed by atoms with van der Waals surface area (Å²) in [6.45, 7) is 11.4. The third-order valence-corrected chi connectivity index (χ3v) is 10.7. The number of hydrogen-bond acceptors (Lipinski definition) is 8. The molecular formula is C37H50FN7O2. The van der Waals surface area contributed by atoms with E-state index in [1.807, 2.05) is 33.8 Å². The molecule has 0 radical (unpaired) electrons. The van der Waals surface area contributed by atoms with Crippen LogP contribution in [0.1, 0.15) is 107 Å². The molecule has 3 aromatic rings. The van der Waals surface area contributed by atoms with Crippen LogP contribution in [0.4, 0.5) is 10.3 Å². The zero-order valence-corrected chi connectivity index (χ0v) is 28.4. The van der Waals surface area contributed by atoms with Gasteiger partial charge in [-0.2, -0.15) is 0 Å². The molecule has 6 rings (SSSR count). The highest BCUT2D eigenvalue weighted by molar-refractivity contribution is 5.97. The normalized spacial score (nSPS) is 22.9. The Bertz CT molecular complexity index is 1480. The van der Waals surface area contributed by atoms with Crippen molar-refractivity contribution in [3.8, 4) is 11.5 Å². The maximum Gasteiger partial charge on any atom is 0.258 e. The summed E-state index contributed by atoms with van der Waals surface area (Å²) in [5.41, 5.74) is 1.43. The number of nitrogens with zero attached hydrogens (tertiary/aromatic N) is 6. The van der Waals surface area contributed by atoms with Crippen LogP contribution >= 0.6 is 0 Å². The van der Waals surface area contributed by atoms with Crippen LogP contribution in [0.3, 0.4) is 0 Å². The van der Waals surface area contributed by atoms with Crippen LogP contribution in [0.15, 0.2) is 49.2 Å². The minimum absolute atomic E-state index is 0.0388. The number of amides is 1. The van der Waals surface area contributed by atoms with Gasteiger partial charge in [-0.05, 0) is 134 Å². The van der Waals surface area contributed by atoms with Gasteiger partial charge in [0.25, 0.3) is 5.91 Å². The fourth-order valence-corrected chi connectivity index (χ4v) is 8.31. The lowest BCUT2D eigenvalue weighted by atomic mass is 9.75. The second-order valence-corrected chi connectivity index (χ2v) is 14.6. The molecule has 1 aromatic carbocycles. The summed E-state index contributed by atoms with van der Waals surface area (Å²) in [6.07, 6.45) is 17.4. The van der Waals surface area contributed by atoms with Gasteiger partial charge in [0.1, 0.15) is 17.9 Å². The number of halogens is 1. The number of rotatable bonds is 10. The molecule has 10 heteroatoms. The minimum atomic E-state index is -0.468. The molecule has 252 valence electrons. The van der Waals surface area contributed by atoms with Crippen molar-refractivity contribution >= 4 is 11.9 Å². The number of anilines is 1. The number of likely N-dealkylation sites (tertiary alicyclic amines) is 1. The Morgan fingerprint density at radius 3 is 2.43 bits per heavy atom. The highest BCUT2D eigenvalue weighted by Crippen LogP contribution is 2.53. The van der Waals surface area contributed by atoms with Crippen molar-refractivity contribution in [1.82, 2.24) is 29.7 Å². The number of hydrogen-bond donors (Lipinski definition) is 1. The standard InChI is InChI=1S/C37H50FN7O2/c1-25(2)45(26(3)4)35(46)31-20-29(38)8-11-32(31)47-33-22-39-24-42-34(33)28-12-13-37(21-28)14-18-44(19-15-37)23-27-6-9-30(10-7-27)43-36-40-16-5-17-41-36/h5,8,11,16-17,20,22,24-28,30H,6-7,9-10,12-15,18-19,21,23H2,1-4H3,(H,40,41,43). The van der Waals surface area contributed by atoms with E-state index in [0.29, 0.717) is 23.0 Å². The number of ether oxygens (including phenoxy) is 1. The van der Waals surface area contributed by atoms with Crippen LogP contribution < -0.4 is 10.1 Å². The quantitative estimate of drug-likeness (QED) is 0.243. The molecule has 1 amide bonds. The Morgan fingerprint density at radius 2 is 1.72 bits per heavy atom. The van der Waals surface area contributed by atoms with Gasteiger partial charge in [0, 0.05) is 43.0 Å². The highest BCUT2D eigenvalue weighted by Gasteiger charge is 2.43. The molecule has 1 unspecified atom stereocenters. The second-order valence-electron chi connectivity index (χ2n) is 14.6. The zero-order valence-electron chi connectivity index (χ0n) is 28.4. The van der Waals surface area contributed by atoms with Gasteiger partial charge in [-0.15, -0.1) is 0 Å². The Labute approximate surface area is 278 Å². The van der Waals surface area contributed by atoms with Crippen LogP contribution in [0, 0.1) is 17.2 Å². The van der Waals surface area contributed by atoms with Crippen molar-refractivity contribution in [2.24, 2.45) is 11.3 Å². The molecule has 3 aliphatic rings. The molecule has 3 heterocycles. The maximum absolute atomic E-state index is 14.4. The first-order valence-electron chi connectivity index (χ1n) is 17.6. The summed E-state index contributed by atoms with van der Waals surface area (Å²) < 4.78 is 20.8. The topological polar surface area (TPSA) is 96.4 Å². The summed E-state index contributed by atoms with van der Waals surface area (Å²) >= 11 is 0. The van der Waals surface area contributed by atoms with Gasteiger partial charge in [-0.1, -0.05) is 0 Å². The van der Waals surface area contributed by atoms with E-state index in [0.717, 1.165) is 43.5 Å². The van der Waals surface area contributed by atoms with E-state index in [1.165, 1.54) is 63.6 Å². The van der Waals surface area contributed by atoms with Gasteiger partial charge in [0.05, 0.1) is 17.5 Å². The number of piperidine rings is 1. The molecule has 1 saturated heterocycles. The van der Waals surface area contributed by atoms with Crippen LogP contribution in [0.2, 0.25) is 0 Å². The van der Waals surface area contributed by atoms with E-state index in [1.54, 1.807) is 35.9 Å². The van der Waals surface area contributed by atoms with Crippen molar-refractivity contribution in [2.45, 2.75) is 110 Å². The summed E-state index contributed by atoms with van der Waals surface area (Å²) in [7, 11) is 0. The molecule has 2 aromatic heterocycles. The monoisotopic (exact) mass is 643 g/mol. The lowest BCUT2D eigenvalue weighted by Crippen LogP contribution is -2.42. The van der Waals surface area contributed by atoms with Crippen LogP contribution in [-0.2, 0) is 0 Å². The van der Waals surface area contributed by atoms with E-state index in [9.17, 15) is 9.18 Å². The van der Waals surface area contributed by atoms with Gasteiger partial charge in [-0.3, -0.25) is 4.79 Å². The Kier molecular flexibility index (Phi) is 10.3. The molecule has 9 nitrogen and oxygen atoms in total. The molecule has 1 N–H and O–H groups in total. The maximum atomic E-state index is 14.4. The van der Waals surface area contributed by atoms with Crippen molar-refractivity contribution in [3.05, 3.63) is 66.3 Å². The summed E-state index contributed by atoms with van der Waals surface area (Å²) in [4.78, 5) is 35.7. The number of carbonyl (C=O) groups excluding carboxylic acids is 1. The third-order valence-electron chi connectivity index (χ3n) is 10.7. The second kappa shape index (κ2) is 14.6. The average Bonchev–Trinajstić information content (AvgIpc) is 3.47. The number of nitrogens with one attached hydrogen (secondary N) is 1. The SMILES string of the molecule is CC(C)N(C(=O)c1cc(F)ccc1Oc1cncnc1C1CCC2(CCN(CC3CCC(Nc4ncccn4)CC3)CC2)C1)C(C)C. The smallest absolute Gasteiger partial charge is 0.258 e. The van der Waals surface area contributed by atoms with Gasteiger partial charge in [0.2, 0.25) is 5.95 Å². The van der Waals surface area contributed by atoms with Gasteiger partial charge < -0.3 is 19.9 Å². The van der Waals surface area contributed by atoms with E-state index >= 15 is 0 Å². The first-order valence-corrected chi connectivity index (χ1v) is 17.6. The van der Waals surface area contributed by atoms with E-state index in [4.69, 9.17) is 9.72 Å². The van der Waals surface area contributed by atoms with Crippen molar-refractivity contribution in [1.29, 1.82) is 0 Å². The number of benzene rings is 1.